The van der Waals surface area contributed by atoms with Gasteiger partial charge in [0, 0.05) is 5.69 Å². The van der Waals surface area contributed by atoms with Gasteiger partial charge in [-0.15, -0.1) is 13.2 Å². The Labute approximate surface area is 212 Å². The lowest BCUT2D eigenvalue weighted by molar-refractivity contribution is -0.274. The topological polar surface area (TPSA) is 41.9 Å². The molecule has 4 rings (SSSR count). The average molecular weight is 547 g/mol. The van der Waals surface area contributed by atoms with E-state index in [2.05, 4.69) is 9.47 Å². The van der Waals surface area contributed by atoms with E-state index in [0.29, 0.717) is 34.4 Å². The largest absolute Gasteiger partial charge is 0.573 e. The Balaban J connectivity index is 1.77. The van der Waals surface area contributed by atoms with Crippen LogP contribution in [0.3, 0.4) is 0 Å². The second-order valence-electron chi connectivity index (χ2n) is 8.59. The number of hydrogen-bond acceptors (Lipinski definition) is 4. The second-order valence-corrected chi connectivity index (χ2v) is 8.59. The molecule has 0 fully saturated rings. The highest BCUT2D eigenvalue weighted by Gasteiger charge is 2.42. The first kappa shape index (κ1) is 27.5. The lowest BCUT2D eigenvalue weighted by Gasteiger charge is -2.41. The average Bonchev–Trinajstić information content (AvgIpc) is 2.82. The molecule has 0 saturated heterocycles. The number of halogens is 8. The fourth-order valence-electron chi connectivity index (χ4n) is 4.60. The summed E-state index contributed by atoms with van der Waals surface area (Å²) in [4.78, 5) is 1.33. The summed E-state index contributed by atoms with van der Waals surface area (Å²) in [5, 5.41) is 9.92. The number of fused-ring (bicyclic) bond motifs is 1. The Kier molecular flexibility index (Phi) is 7.73. The molecule has 1 aliphatic rings. The highest BCUT2D eigenvalue weighted by atomic mass is 19.4. The molecule has 0 aliphatic carbocycles. The van der Waals surface area contributed by atoms with Crippen LogP contribution in [0.25, 0.3) is 11.1 Å². The van der Waals surface area contributed by atoms with Crippen LogP contribution in [-0.2, 0) is 6.42 Å². The van der Waals surface area contributed by atoms with E-state index in [1.54, 1.807) is 24.3 Å². The zero-order valence-corrected chi connectivity index (χ0v) is 19.4. The molecular formula is C26H21F8NO3. The molecule has 0 saturated carbocycles. The van der Waals surface area contributed by atoms with Gasteiger partial charge in [0.05, 0.1) is 12.6 Å². The normalized spacial score (nSPS) is 16.8. The minimum atomic E-state index is -4.93. The molecule has 0 spiro atoms. The minimum Gasteiger partial charge on any atom is -0.435 e. The van der Waals surface area contributed by atoms with Crippen molar-refractivity contribution in [2.75, 3.05) is 11.4 Å². The number of anilines is 1. The maximum atomic E-state index is 13.4. The molecule has 2 atom stereocenters. The van der Waals surface area contributed by atoms with E-state index in [9.17, 15) is 40.2 Å². The first-order valence-electron chi connectivity index (χ1n) is 11.4. The van der Waals surface area contributed by atoms with Crippen LogP contribution in [-0.4, -0.2) is 36.9 Å². The quantitative estimate of drug-likeness (QED) is 0.316. The van der Waals surface area contributed by atoms with Crippen molar-refractivity contribution in [3.05, 3.63) is 77.9 Å². The summed E-state index contributed by atoms with van der Waals surface area (Å²) < 4.78 is 112. The third kappa shape index (κ3) is 6.47. The smallest absolute Gasteiger partial charge is 0.435 e. The summed E-state index contributed by atoms with van der Waals surface area (Å²) in [6.07, 6.45) is -12.0. The van der Waals surface area contributed by atoms with Gasteiger partial charge >= 0.3 is 19.2 Å². The number of ether oxygens (including phenoxy) is 2. The predicted octanol–water partition coefficient (Wildman–Crippen LogP) is 7.27. The van der Waals surface area contributed by atoms with E-state index in [4.69, 9.17) is 0 Å². The van der Waals surface area contributed by atoms with Crippen molar-refractivity contribution >= 4 is 5.69 Å². The van der Waals surface area contributed by atoms with E-state index in [1.165, 1.54) is 41.3 Å². The number of rotatable bonds is 7. The van der Waals surface area contributed by atoms with Gasteiger partial charge in [-0.3, -0.25) is 0 Å². The first-order valence-corrected chi connectivity index (χ1v) is 11.4. The predicted molar refractivity (Wildman–Crippen MR) is 122 cm³/mol. The van der Waals surface area contributed by atoms with Gasteiger partial charge < -0.3 is 19.5 Å². The summed E-state index contributed by atoms with van der Waals surface area (Å²) in [6, 6.07) is 14.8. The highest BCUT2D eigenvalue weighted by molar-refractivity contribution is 5.76. The van der Waals surface area contributed by atoms with Gasteiger partial charge in [-0.05, 0) is 65.4 Å². The fourth-order valence-corrected chi connectivity index (χ4v) is 4.60. The molecule has 38 heavy (non-hydrogen) atoms. The molecular weight excluding hydrogens is 526 g/mol. The summed E-state index contributed by atoms with van der Waals surface area (Å²) in [7, 11) is 0. The monoisotopic (exact) mass is 547 g/mol. The Morgan fingerprint density at radius 2 is 1.58 bits per heavy atom. The maximum Gasteiger partial charge on any atom is 0.573 e. The van der Waals surface area contributed by atoms with E-state index >= 15 is 0 Å². The van der Waals surface area contributed by atoms with Crippen LogP contribution in [0.2, 0.25) is 0 Å². The molecule has 12 heteroatoms. The third-order valence-corrected chi connectivity index (χ3v) is 6.10. The minimum absolute atomic E-state index is 0.171. The zero-order valence-electron chi connectivity index (χ0n) is 19.4. The molecule has 3 aromatic carbocycles. The summed E-state index contributed by atoms with van der Waals surface area (Å²) in [5.74, 6) is -0.628. The molecule has 1 heterocycles. The van der Waals surface area contributed by atoms with Crippen molar-refractivity contribution in [2.24, 2.45) is 0 Å². The number of β-amino-alcohol motifs (C(OH)–C–C–N with tert-alkyl or cyclic N) is 1. The Hall–Kier alpha value is -3.54. The molecule has 0 aromatic heterocycles. The second kappa shape index (κ2) is 10.7. The number of aliphatic hydroxyl groups excluding tert-OH is 1. The van der Waals surface area contributed by atoms with Crippen LogP contribution in [0.1, 0.15) is 23.6 Å². The van der Waals surface area contributed by atoms with Crippen molar-refractivity contribution in [2.45, 2.75) is 44.1 Å². The maximum absolute atomic E-state index is 13.4. The molecule has 204 valence electrons. The zero-order chi connectivity index (χ0) is 27.7. The molecule has 0 amide bonds. The molecule has 0 radical (unpaired) electrons. The van der Waals surface area contributed by atoms with Crippen molar-refractivity contribution in [1.29, 1.82) is 0 Å². The summed E-state index contributed by atoms with van der Waals surface area (Å²) in [6.45, 7) is -3.96. The standard InChI is InChI=1S/C26H21F8NO3/c27-24(28)37-17-6-2-5-16(13-17)21-11-10-20-19(15-4-1-7-18(12-15)38-26(32,33)34)8-3-9-22(20)35(21)14-23(36)25(29,30)31/h1-9,12-13,21,23-24,36H,10-11,14H2/t21-,23+/m1/s1. The van der Waals surface area contributed by atoms with Gasteiger partial charge in [0.1, 0.15) is 11.5 Å². The summed E-state index contributed by atoms with van der Waals surface area (Å²) >= 11 is 0. The number of nitrogens with zero attached hydrogens (tertiary/aromatic N) is 1. The lowest BCUT2D eigenvalue weighted by Crippen LogP contribution is -2.44. The molecule has 1 N–H and O–H groups in total. The number of aliphatic hydroxyl groups is 1. The van der Waals surface area contributed by atoms with Crippen LogP contribution < -0.4 is 14.4 Å². The molecule has 0 bridgehead atoms. The van der Waals surface area contributed by atoms with Gasteiger partial charge in [0.15, 0.2) is 6.10 Å². The van der Waals surface area contributed by atoms with Crippen LogP contribution in [0.4, 0.5) is 40.8 Å². The lowest BCUT2D eigenvalue weighted by atomic mass is 9.86. The molecule has 3 aromatic rings. The van der Waals surface area contributed by atoms with Gasteiger partial charge in [-0.25, -0.2) is 0 Å². The van der Waals surface area contributed by atoms with Gasteiger partial charge in [0.2, 0.25) is 0 Å². The van der Waals surface area contributed by atoms with Crippen molar-refractivity contribution < 1.29 is 49.7 Å². The number of alkyl halides is 8. The van der Waals surface area contributed by atoms with Gasteiger partial charge in [-0.1, -0.05) is 36.4 Å². The van der Waals surface area contributed by atoms with Crippen molar-refractivity contribution in [3.8, 4) is 22.6 Å². The van der Waals surface area contributed by atoms with Crippen molar-refractivity contribution in [1.82, 2.24) is 0 Å². The van der Waals surface area contributed by atoms with Gasteiger partial charge in [-0.2, -0.15) is 22.0 Å². The number of benzene rings is 3. The molecule has 0 unspecified atom stereocenters. The Bertz CT molecular complexity index is 1260. The summed E-state index contributed by atoms with van der Waals surface area (Å²) in [5.41, 5.74) is 2.11. The van der Waals surface area contributed by atoms with Crippen LogP contribution in [0.15, 0.2) is 66.7 Å². The van der Waals surface area contributed by atoms with E-state index in [1.807, 2.05) is 0 Å². The van der Waals surface area contributed by atoms with Crippen molar-refractivity contribution in [3.63, 3.8) is 0 Å². The van der Waals surface area contributed by atoms with E-state index in [0.717, 1.165) is 6.07 Å². The van der Waals surface area contributed by atoms with Gasteiger partial charge in [0.25, 0.3) is 0 Å². The molecule has 4 nitrogen and oxygen atoms in total. The third-order valence-electron chi connectivity index (χ3n) is 6.10. The van der Waals surface area contributed by atoms with E-state index in [-0.39, 0.29) is 12.2 Å². The SMILES string of the molecule is O[C@@H](CN1c2cccc(-c3cccc(OC(F)(F)F)c3)c2CC[C@@H]1c1cccc(OC(F)F)c1)C(F)(F)F. The van der Waals surface area contributed by atoms with Crippen LogP contribution >= 0.6 is 0 Å². The van der Waals surface area contributed by atoms with Crippen LogP contribution in [0, 0.1) is 0 Å². The molecule has 1 aliphatic heterocycles. The first-order chi connectivity index (χ1) is 17.8. The Morgan fingerprint density at radius 3 is 2.26 bits per heavy atom. The van der Waals surface area contributed by atoms with E-state index < -0.39 is 43.6 Å². The number of hydrogen-bond donors (Lipinski definition) is 1. The highest BCUT2D eigenvalue weighted by Crippen LogP contribution is 2.44. The van der Waals surface area contributed by atoms with Crippen LogP contribution in [0.5, 0.6) is 11.5 Å². The Morgan fingerprint density at radius 1 is 0.895 bits per heavy atom. The fraction of sp³-hybridized carbons (Fsp3) is 0.308.